The zero-order valence-electron chi connectivity index (χ0n) is 18.3. The third kappa shape index (κ3) is 3.87. The van der Waals surface area contributed by atoms with Gasteiger partial charge in [-0.1, -0.05) is 30.3 Å². The maximum absolute atomic E-state index is 13.1. The van der Waals surface area contributed by atoms with Crippen LogP contribution in [0.2, 0.25) is 0 Å². The van der Waals surface area contributed by atoms with Gasteiger partial charge in [-0.15, -0.1) is 0 Å². The van der Waals surface area contributed by atoms with Crippen LogP contribution in [0.4, 0.5) is 0 Å². The highest BCUT2D eigenvalue weighted by Crippen LogP contribution is 2.42. The van der Waals surface area contributed by atoms with Crippen molar-refractivity contribution >= 4 is 28.4 Å². The first-order chi connectivity index (χ1) is 15.4. The van der Waals surface area contributed by atoms with E-state index in [9.17, 15) is 14.7 Å². The number of ketones is 1. The summed E-state index contributed by atoms with van der Waals surface area (Å²) in [7, 11) is 1.54. The number of fused-ring (bicyclic) bond motifs is 1. The number of hydrogen-bond donors (Lipinski definition) is 2. The normalized spacial score (nSPS) is 18.1. The first-order valence-electron chi connectivity index (χ1n) is 10.5. The van der Waals surface area contributed by atoms with E-state index in [1.54, 1.807) is 30.5 Å². The number of Topliss-reactive ketones (excluding diaryl/α,β-unsaturated/α-hetero) is 1. The van der Waals surface area contributed by atoms with E-state index in [-0.39, 0.29) is 30.6 Å². The van der Waals surface area contributed by atoms with Crippen molar-refractivity contribution in [2.75, 3.05) is 20.3 Å². The second-order valence-corrected chi connectivity index (χ2v) is 7.97. The lowest BCUT2D eigenvalue weighted by Gasteiger charge is -2.24. The topological polar surface area (TPSA) is 91.9 Å². The predicted octanol–water partition coefficient (Wildman–Crippen LogP) is 4.02. The van der Waals surface area contributed by atoms with Crippen LogP contribution in [0.25, 0.3) is 16.7 Å². The third-order valence-electron chi connectivity index (χ3n) is 5.47. The van der Waals surface area contributed by atoms with Crippen molar-refractivity contribution in [3.05, 3.63) is 71.4 Å². The molecule has 0 saturated carbocycles. The fourth-order valence-electron chi connectivity index (χ4n) is 4.09. The third-order valence-corrected chi connectivity index (χ3v) is 5.47. The highest BCUT2D eigenvalue weighted by atomic mass is 16.5. The van der Waals surface area contributed by atoms with Crippen LogP contribution in [0.5, 0.6) is 5.75 Å². The SMILES string of the molecule is COCCN1C(=O)C(=O)/C(=C(/O)c2cccc(OC(C)C)c2)C1c1c[nH]c2ccccc12. The average Bonchev–Trinajstić information content (AvgIpc) is 3.30. The van der Waals surface area contributed by atoms with Crippen molar-refractivity contribution in [2.45, 2.75) is 26.0 Å². The molecule has 1 fully saturated rings. The molecule has 166 valence electrons. The Morgan fingerprint density at radius 1 is 1.16 bits per heavy atom. The second-order valence-electron chi connectivity index (χ2n) is 7.97. The molecule has 1 aliphatic heterocycles. The quantitative estimate of drug-likeness (QED) is 0.333. The Labute approximate surface area is 186 Å². The molecule has 1 aliphatic rings. The number of benzene rings is 2. The van der Waals surface area contributed by atoms with Crippen LogP contribution in [-0.2, 0) is 14.3 Å². The number of rotatable bonds is 7. The number of amides is 1. The first-order valence-corrected chi connectivity index (χ1v) is 10.5. The summed E-state index contributed by atoms with van der Waals surface area (Å²) in [4.78, 5) is 30.7. The van der Waals surface area contributed by atoms with E-state index in [1.807, 2.05) is 38.1 Å². The number of methoxy groups -OCH3 is 1. The Bertz CT molecular complexity index is 1190. The number of likely N-dealkylation sites (tertiary alicyclic amines) is 1. The van der Waals surface area contributed by atoms with E-state index in [0.29, 0.717) is 11.3 Å². The Balaban J connectivity index is 1.88. The predicted molar refractivity (Wildman–Crippen MR) is 121 cm³/mol. The van der Waals surface area contributed by atoms with Crippen LogP contribution >= 0.6 is 0 Å². The van der Waals surface area contributed by atoms with Crippen LogP contribution in [0.3, 0.4) is 0 Å². The molecule has 1 aromatic heterocycles. The minimum atomic E-state index is -0.740. The van der Waals surface area contributed by atoms with E-state index in [0.717, 1.165) is 16.5 Å². The molecule has 7 heteroatoms. The van der Waals surface area contributed by atoms with E-state index in [1.165, 1.54) is 12.0 Å². The number of aromatic nitrogens is 1. The number of aliphatic hydroxyl groups is 1. The number of para-hydroxylation sites is 1. The fourth-order valence-corrected chi connectivity index (χ4v) is 4.09. The van der Waals surface area contributed by atoms with Crippen LogP contribution in [-0.4, -0.2) is 53.0 Å². The van der Waals surface area contributed by atoms with Gasteiger partial charge in [-0.3, -0.25) is 9.59 Å². The molecule has 2 N–H and O–H groups in total. The van der Waals surface area contributed by atoms with Crippen LogP contribution in [0, 0.1) is 0 Å². The molecule has 0 bridgehead atoms. The molecule has 0 radical (unpaired) electrons. The van der Waals surface area contributed by atoms with Crippen LogP contribution in [0.15, 0.2) is 60.3 Å². The summed E-state index contributed by atoms with van der Waals surface area (Å²) in [5, 5.41) is 12.1. The van der Waals surface area contributed by atoms with Crippen molar-refractivity contribution in [1.29, 1.82) is 0 Å². The number of H-pyrrole nitrogens is 1. The van der Waals surface area contributed by atoms with Gasteiger partial charge < -0.3 is 24.5 Å². The summed E-state index contributed by atoms with van der Waals surface area (Å²) in [6, 6.07) is 13.8. The number of nitrogens with one attached hydrogen (secondary N) is 1. The molecule has 1 atom stereocenters. The standard InChI is InChI=1S/C25H26N2O5/c1-15(2)32-17-8-6-7-16(13-17)23(28)21-22(27(11-12-31-3)25(30)24(21)29)19-14-26-20-10-5-4-9-18(19)20/h4-10,13-15,22,26,28H,11-12H2,1-3H3/b23-21+. The molecule has 0 spiro atoms. The van der Waals surface area contributed by atoms with Gasteiger partial charge >= 0.3 is 0 Å². The molecule has 7 nitrogen and oxygen atoms in total. The fraction of sp³-hybridized carbons (Fsp3) is 0.280. The Morgan fingerprint density at radius 3 is 2.69 bits per heavy atom. The van der Waals surface area contributed by atoms with Crippen LogP contribution in [0.1, 0.15) is 31.0 Å². The van der Waals surface area contributed by atoms with Gasteiger partial charge in [-0.25, -0.2) is 0 Å². The number of aromatic amines is 1. The van der Waals surface area contributed by atoms with Gasteiger partial charge in [0.05, 0.1) is 24.3 Å². The molecule has 1 unspecified atom stereocenters. The smallest absolute Gasteiger partial charge is 0.295 e. The van der Waals surface area contributed by atoms with Crippen LogP contribution < -0.4 is 4.74 Å². The summed E-state index contributed by atoms with van der Waals surface area (Å²) in [6.45, 7) is 4.30. The number of hydrogen-bond acceptors (Lipinski definition) is 5. The number of ether oxygens (including phenoxy) is 2. The minimum Gasteiger partial charge on any atom is -0.507 e. The van der Waals surface area contributed by atoms with Gasteiger partial charge in [-0.2, -0.15) is 0 Å². The summed E-state index contributed by atoms with van der Waals surface area (Å²) in [6.07, 6.45) is 1.74. The Hall–Kier alpha value is -3.58. The lowest BCUT2D eigenvalue weighted by atomic mass is 9.95. The van der Waals surface area contributed by atoms with Crippen molar-refractivity contribution in [2.24, 2.45) is 0 Å². The monoisotopic (exact) mass is 434 g/mol. The highest BCUT2D eigenvalue weighted by Gasteiger charge is 2.46. The summed E-state index contributed by atoms with van der Waals surface area (Å²) < 4.78 is 10.9. The number of aliphatic hydroxyl groups excluding tert-OH is 1. The number of carbonyl (C=O) groups excluding carboxylic acids is 2. The van der Waals surface area contributed by atoms with Gasteiger partial charge in [-0.05, 0) is 32.0 Å². The zero-order valence-corrected chi connectivity index (χ0v) is 18.3. The molecular weight excluding hydrogens is 408 g/mol. The van der Waals surface area contributed by atoms with Gasteiger partial charge in [0.1, 0.15) is 11.5 Å². The maximum Gasteiger partial charge on any atom is 0.295 e. The van der Waals surface area contributed by atoms with E-state index in [4.69, 9.17) is 9.47 Å². The molecule has 32 heavy (non-hydrogen) atoms. The molecule has 1 amide bonds. The van der Waals surface area contributed by atoms with E-state index < -0.39 is 17.7 Å². The molecular formula is C25H26N2O5. The van der Waals surface area contributed by atoms with Gasteiger partial charge in [0.25, 0.3) is 11.7 Å². The van der Waals surface area contributed by atoms with Crippen molar-refractivity contribution in [3.8, 4) is 5.75 Å². The lowest BCUT2D eigenvalue weighted by molar-refractivity contribution is -0.140. The van der Waals surface area contributed by atoms with Gasteiger partial charge in [0, 0.05) is 41.9 Å². The van der Waals surface area contributed by atoms with Crippen molar-refractivity contribution < 1.29 is 24.2 Å². The zero-order chi connectivity index (χ0) is 22.8. The minimum absolute atomic E-state index is 0.0433. The maximum atomic E-state index is 13.1. The Kier molecular flexibility index (Phi) is 6.01. The molecule has 0 aliphatic carbocycles. The van der Waals surface area contributed by atoms with Crippen molar-refractivity contribution in [1.82, 2.24) is 9.88 Å². The number of carbonyl (C=O) groups is 2. The molecule has 2 heterocycles. The first kappa shape index (κ1) is 21.6. The average molecular weight is 434 g/mol. The molecule has 1 saturated heterocycles. The lowest BCUT2D eigenvalue weighted by Crippen LogP contribution is -2.32. The van der Waals surface area contributed by atoms with E-state index in [2.05, 4.69) is 4.98 Å². The largest absolute Gasteiger partial charge is 0.507 e. The Morgan fingerprint density at radius 2 is 1.94 bits per heavy atom. The molecule has 2 aromatic carbocycles. The number of nitrogens with zero attached hydrogens (tertiary/aromatic N) is 1. The van der Waals surface area contributed by atoms with Crippen molar-refractivity contribution in [3.63, 3.8) is 0 Å². The summed E-state index contributed by atoms with van der Waals surface area (Å²) >= 11 is 0. The summed E-state index contributed by atoms with van der Waals surface area (Å²) in [5.74, 6) is -1.04. The van der Waals surface area contributed by atoms with Gasteiger partial charge in [0.2, 0.25) is 0 Å². The molecule has 4 rings (SSSR count). The summed E-state index contributed by atoms with van der Waals surface area (Å²) in [5.41, 5.74) is 2.09. The molecule has 3 aromatic rings. The van der Waals surface area contributed by atoms with E-state index >= 15 is 0 Å². The highest BCUT2D eigenvalue weighted by molar-refractivity contribution is 6.46. The van der Waals surface area contributed by atoms with Gasteiger partial charge in [0.15, 0.2) is 0 Å². The second kappa shape index (κ2) is 8.88.